The summed E-state index contributed by atoms with van der Waals surface area (Å²) in [5, 5.41) is 28.2. The highest BCUT2D eigenvalue weighted by Gasteiger charge is 2.63. The molecule has 25 nitrogen and oxygen atoms in total. The van der Waals surface area contributed by atoms with Crippen molar-refractivity contribution in [2.45, 2.75) is 139 Å². The Kier molecular flexibility index (Phi) is 21.6. The van der Waals surface area contributed by atoms with Gasteiger partial charge in [0.15, 0.2) is 18.5 Å². The van der Waals surface area contributed by atoms with Crippen molar-refractivity contribution in [3.8, 4) is 0 Å². The second kappa shape index (κ2) is 27.3. The van der Waals surface area contributed by atoms with Crippen molar-refractivity contribution in [3.05, 3.63) is 94.9 Å². The molecular formula is C48H61N3O22. The van der Waals surface area contributed by atoms with Crippen molar-refractivity contribution in [1.82, 2.24) is 0 Å². The predicted octanol–water partition coefficient (Wildman–Crippen LogP) is 2.19. The van der Waals surface area contributed by atoms with Gasteiger partial charge in [-0.2, -0.15) is 0 Å². The lowest BCUT2D eigenvalue weighted by atomic mass is 9.89. The van der Waals surface area contributed by atoms with Gasteiger partial charge in [-0.3, -0.25) is 19.2 Å². The predicted molar refractivity (Wildman–Crippen MR) is 243 cm³/mol. The summed E-state index contributed by atoms with van der Waals surface area (Å²) in [6.07, 6.45) is -18.7. The summed E-state index contributed by atoms with van der Waals surface area (Å²) in [7, 11) is 1.93. The molecule has 0 aliphatic carbocycles. The molecule has 0 spiro atoms. The largest absolute Gasteiger partial charge is 0.465 e. The monoisotopic (exact) mass is 1030 g/mol. The fourth-order valence-corrected chi connectivity index (χ4v) is 8.39. The zero-order valence-electron chi connectivity index (χ0n) is 41.0. The zero-order valence-corrected chi connectivity index (χ0v) is 41.0. The Morgan fingerprint density at radius 1 is 0.767 bits per heavy atom. The Balaban J connectivity index is 1.53. The van der Waals surface area contributed by atoms with Crippen LogP contribution in [0, 0.1) is 0 Å². The minimum absolute atomic E-state index is 0.00735. The number of azide groups is 1. The van der Waals surface area contributed by atoms with Gasteiger partial charge >= 0.3 is 35.8 Å². The molecule has 0 radical (unpaired) electrons. The lowest BCUT2D eigenvalue weighted by molar-refractivity contribution is -0.375. The van der Waals surface area contributed by atoms with E-state index in [1.807, 2.05) is 48.5 Å². The highest BCUT2D eigenvalue weighted by Crippen LogP contribution is 2.43. The Morgan fingerprint density at radius 2 is 1.34 bits per heavy atom. The molecular weight excluding hydrogens is 971 g/mol. The van der Waals surface area contributed by atoms with E-state index in [0.29, 0.717) is 0 Å². The number of carbonyl (C=O) groups is 6. The van der Waals surface area contributed by atoms with E-state index in [2.05, 4.69) is 16.6 Å². The van der Waals surface area contributed by atoms with E-state index in [-0.39, 0.29) is 19.8 Å². The number of methoxy groups -OCH3 is 2. The van der Waals surface area contributed by atoms with Gasteiger partial charge < -0.3 is 76.5 Å². The van der Waals surface area contributed by atoms with Crippen molar-refractivity contribution >= 4 is 35.8 Å². The molecule has 0 amide bonds. The number of aliphatic hydroxyl groups is 2. The molecule has 2 aromatic rings. The summed E-state index contributed by atoms with van der Waals surface area (Å²) in [5.41, 5.74) is 11.0. The van der Waals surface area contributed by atoms with Crippen LogP contribution in [-0.2, 0) is 108 Å². The summed E-state index contributed by atoms with van der Waals surface area (Å²) < 4.78 is 81.5. The summed E-state index contributed by atoms with van der Waals surface area (Å²) in [4.78, 5) is 80.7. The Bertz CT molecular complexity index is 2230. The summed E-state index contributed by atoms with van der Waals surface area (Å²) in [6, 6.07) is 17.3. The number of esters is 6. The number of aliphatic hydroxyl groups excluding tert-OH is 2. The molecule has 14 atom stereocenters. The van der Waals surface area contributed by atoms with Crippen LogP contribution >= 0.6 is 0 Å². The number of benzene rings is 2. The van der Waals surface area contributed by atoms with Crippen LogP contribution in [0.5, 0.6) is 0 Å². The molecule has 3 saturated heterocycles. The third-order valence-electron chi connectivity index (χ3n) is 11.5. The van der Waals surface area contributed by atoms with Crippen molar-refractivity contribution in [2.24, 2.45) is 5.11 Å². The average molecular weight is 1030 g/mol. The fraction of sp³-hybridized carbons (Fsp3) is 0.583. The van der Waals surface area contributed by atoms with Crippen LogP contribution in [0.2, 0.25) is 0 Å². The molecule has 0 unspecified atom stereocenters. The molecule has 3 aliphatic rings. The first-order chi connectivity index (χ1) is 34.9. The third-order valence-corrected chi connectivity index (χ3v) is 11.5. The molecule has 5 rings (SSSR count). The normalized spacial score (nSPS) is 29.7. The van der Waals surface area contributed by atoms with Crippen LogP contribution in [0.1, 0.15) is 51.7 Å². The number of carbonyl (C=O) groups excluding carboxylic acids is 6. The number of nitrogens with zero attached hydrogens (tertiary/aromatic N) is 3. The topological polar surface area (TPSA) is 321 Å². The van der Waals surface area contributed by atoms with E-state index in [9.17, 15) is 44.5 Å². The first-order valence-electron chi connectivity index (χ1n) is 22.9. The van der Waals surface area contributed by atoms with E-state index >= 15 is 0 Å². The van der Waals surface area contributed by atoms with Gasteiger partial charge in [0.25, 0.3) is 11.6 Å². The van der Waals surface area contributed by atoms with Crippen molar-refractivity contribution in [1.29, 1.82) is 0 Å². The van der Waals surface area contributed by atoms with Crippen LogP contribution in [0.15, 0.2) is 78.4 Å². The smallest absolute Gasteiger partial charge is 0.366 e. The third kappa shape index (κ3) is 15.5. The van der Waals surface area contributed by atoms with E-state index in [4.69, 9.17) is 66.3 Å². The van der Waals surface area contributed by atoms with Crippen molar-refractivity contribution < 1.29 is 105 Å². The van der Waals surface area contributed by atoms with Crippen LogP contribution in [0.3, 0.4) is 0 Å². The van der Waals surface area contributed by atoms with Crippen LogP contribution in [0.25, 0.3) is 10.4 Å². The lowest BCUT2D eigenvalue weighted by Crippen LogP contribution is -2.69. The molecule has 3 heterocycles. The van der Waals surface area contributed by atoms with Gasteiger partial charge in [-0.1, -0.05) is 71.9 Å². The molecule has 2 aromatic carbocycles. The quantitative estimate of drug-likeness (QED) is 0.0380. The first kappa shape index (κ1) is 57.8. The second-order valence-corrected chi connectivity index (χ2v) is 16.9. The van der Waals surface area contributed by atoms with Gasteiger partial charge in [0.2, 0.25) is 0 Å². The Labute approximate surface area is 419 Å². The molecule has 25 heteroatoms. The molecule has 0 bridgehead atoms. The second-order valence-electron chi connectivity index (χ2n) is 16.9. The van der Waals surface area contributed by atoms with Gasteiger partial charge in [0.1, 0.15) is 43.2 Å². The van der Waals surface area contributed by atoms with E-state index in [0.717, 1.165) is 53.0 Å². The van der Waals surface area contributed by atoms with Crippen LogP contribution in [0.4, 0.5) is 0 Å². The number of ether oxygens (including phenoxy) is 14. The molecule has 0 saturated carbocycles. The van der Waals surface area contributed by atoms with Crippen molar-refractivity contribution in [3.63, 3.8) is 0 Å². The Hall–Kier alpha value is -6.09. The van der Waals surface area contributed by atoms with Gasteiger partial charge in [-0.05, 0) is 16.7 Å². The standard InChI is InChI=1S/C48H61N3O22/c1-8-19-67-47(45(58)60-6)20-35(71-48(46(59)61-7)21-36(68-28(3)53)41(70-30(5)55)42(73-48)37(69-29(4)54)26-62-27(2)52)38(57)40(72-47)34(56)25-66-44-43(64-23-32-17-13-10-14-18-32)39(33(24-65-44)50-51-49)63-22-31-15-11-9-12-16-31/h8-18,33-44,56-57H,1,19-26H2,2-7H3/t33-,34+,35+,36+,37+,38+,39-,40+,41+,42+,43+,44+,47+,48+/m0/s1. The van der Waals surface area contributed by atoms with E-state index in [1.54, 1.807) is 12.1 Å². The van der Waals surface area contributed by atoms with E-state index in [1.165, 1.54) is 6.08 Å². The van der Waals surface area contributed by atoms with E-state index < -0.39 is 153 Å². The molecule has 3 fully saturated rings. The zero-order chi connectivity index (χ0) is 53.3. The van der Waals surface area contributed by atoms with Gasteiger partial charge in [-0.15, -0.1) is 6.58 Å². The van der Waals surface area contributed by atoms with Gasteiger partial charge in [-0.25, -0.2) is 9.59 Å². The minimum atomic E-state index is -2.85. The maximum Gasteiger partial charge on any atom is 0.366 e. The highest BCUT2D eigenvalue weighted by molar-refractivity contribution is 5.79. The Morgan fingerprint density at radius 3 is 1.89 bits per heavy atom. The van der Waals surface area contributed by atoms with Gasteiger partial charge in [0, 0.05) is 39.0 Å². The summed E-state index contributed by atoms with van der Waals surface area (Å²) in [5.74, 6) is -11.7. The number of hydrogen-bond donors (Lipinski definition) is 2. The summed E-state index contributed by atoms with van der Waals surface area (Å²) in [6.45, 7) is 5.62. The van der Waals surface area contributed by atoms with Gasteiger partial charge in [0.05, 0.1) is 71.9 Å². The maximum atomic E-state index is 14.2. The fourth-order valence-electron chi connectivity index (χ4n) is 8.39. The molecule has 0 aromatic heterocycles. The van der Waals surface area contributed by atoms with Crippen LogP contribution < -0.4 is 0 Å². The summed E-state index contributed by atoms with van der Waals surface area (Å²) >= 11 is 0. The number of rotatable bonds is 24. The average Bonchev–Trinajstić information content (AvgIpc) is 3.36. The maximum absolute atomic E-state index is 14.2. The van der Waals surface area contributed by atoms with Crippen molar-refractivity contribution in [2.75, 3.05) is 40.6 Å². The lowest BCUT2D eigenvalue weighted by Gasteiger charge is -2.51. The molecule has 2 N–H and O–H groups in total. The first-order valence-corrected chi connectivity index (χ1v) is 22.9. The molecule has 73 heavy (non-hydrogen) atoms. The minimum Gasteiger partial charge on any atom is -0.465 e. The molecule has 3 aliphatic heterocycles. The molecule has 400 valence electrons. The SMILES string of the molecule is C=CCO[C@]1(C(=O)OC)C[C@@H](O[C@]2(C(=O)OC)C[C@@H](OC(C)=O)[C@@H](OC(C)=O)[C@@H]([C@@H](COC(C)=O)OC(C)=O)O2)[C@@H](O)[C@@H]([C@H](O)CO[C@H]2OC[C@H](N=[N+]=[N-])[C@H](OCc3ccccc3)[C@H]2OCc2ccccc2)O1. The van der Waals surface area contributed by atoms with Crippen LogP contribution in [-0.4, -0.2) is 172 Å². The number of hydrogen-bond acceptors (Lipinski definition) is 23. The highest BCUT2D eigenvalue weighted by atomic mass is 16.8.